The Morgan fingerprint density at radius 1 is 1.27 bits per heavy atom. The fourth-order valence-electron chi connectivity index (χ4n) is 1.84. The largest absolute Gasteiger partial charge is 0.481 e. The number of aliphatic hydroxyl groups excluding tert-OH is 1. The highest BCUT2D eigenvalue weighted by atomic mass is 16.4. The average molecular weight is 217 g/mol. The molecule has 1 rings (SSSR count). The van der Waals surface area contributed by atoms with Gasteiger partial charge >= 0.3 is 5.97 Å². The number of aliphatic carboxylic acids is 1. The van der Waals surface area contributed by atoms with Gasteiger partial charge in [0, 0.05) is 0 Å². The fraction of sp³-hybridized carbons (Fsp3) is 0.833. The van der Waals surface area contributed by atoms with Gasteiger partial charge in [0.25, 0.3) is 0 Å². The summed E-state index contributed by atoms with van der Waals surface area (Å²) in [5, 5.41) is 18.1. The van der Waals surface area contributed by atoms with E-state index < -0.39 is 5.97 Å². The molecule has 3 nitrogen and oxygen atoms in total. The standard InChI is InChI=1S/C10H17O3.2CH4/c11-9-5-3-1-2-4-8(6-9)7-10(12)13;;/h9,11H,1-7H2,(H,12,13);2*1H4. The zero-order valence-corrected chi connectivity index (χ0v) is 7.83. The number of carboxylic acid groups (broad SMARTS) is 1. The lowest BCUT2D eigenvalue weighted by molar-refractivity contribution is -0.136. The summed E-state index contributed by atoms with van der Waals surface area (Å²) in [6, 6.07) is 0. The van der Waals surface area contributed by atoms with Crippen LogP contribution in [0, 0.1) is 5.92 Å². The maximum atomic E-state index is 10.5. The lowest BCUT2D eigenvalue weighted by atomic mass is 9.87. The lowest BCUT2D eigenvalue weighted by Gasteiger charge is -2.21. The van der Waals surface area contributed by atoms with E-state index in [4.69, 9.17) is 5.11 Å². The molecule has 1 aliphatic rings. The van der Waals surface area contributed by atoms with Crippen molar-refractivity contribution in [3.05, 3.63) is 5.92 Å². The van der Waals surface area contributed by atoms with Crippen LogP contribution < -0.4 is 0 Å². The van der Waals surface area contributed by atoms with Crippen molar-refractivity contribution in [3.8, 4) is 0 Å². The molecule has 0 amide bonds. The van der Waals surface area contributed by atoms with Gasteiger partial charge in [-0.1, -0.05) is 34.1 Å². The number of rotatable bonds is 2. The van der Waals surface area contributed by atoms with Crippen molar-refractivity contribution in [3.63, 3.8) is 0 Å². The molecule has 1 fully saturated rings. The monoisotopic (exact) mass is 217 g/mol. The summed E-state index contributed by atoms with van der Waals surface area (Å²) >= 11 is 0. The Morgan fingerprint density at radius 3 is 2.53 bits per heavy atom. The highest BCUT2D eigenvalue weighted by Gasteiger charge is 2.19. The first-order valence-corrected chi connectivity index (χ1v) is 4.92. The van der Waals surface area contributed by atoms with Gasteiger partial charge < -0.3 is 10.2 Å². The summed E-state index contributed by atoms with van der Waals surface area (Å²) in [5.74, 6) is 0.225. The molecule has 0 aliphatic heterocycles. The summed E-state index contributed by atoms with van der Waals surface area (Å²) in [6.07, 6.45) is 5.38. The van der Waals surface area contributed by atoms with Gasteiger partial charge in [0.15, 0.2) is 0 Å². The Balaban J connectivity index is 0. The second-order valence-corrected chi connectivity index (χ2v) is 3.78. The van der Waals surface area contributed by atoms with Crippen LogP contribution in [0.5, 0.6) is 0 Å². The van der Waals surface area contributed by atoms with Gasteiger partial charge in [-0.15, -0.1) is 0 Å². The normalized spacial score (nSPS) is 22.9. The summed E-state index contributed by atoms with van der Waals surface area (Å²) in [5.41, 5.74) is 0. The number of carbonyl (C=O) groups is 1. The van der Waals surface area contributed by atoms with E-state index in [1.54, 1.807) is 0 Å². The fourth-order valence-corrected chi connectivity index (χ4v) is 1.84. The molecular formula is C12H25O3. The maximum absolute atomic E-state index is 10.5. The van der Waals surface area contributed by atoms with Crippen LogP contribution in [0.2, 0.25) is 0 Å². The zero-order valence-electron chi connectivity index (χ0n) is 7.83. The van der Waals surface area contributed by atoms with Crippen molar-refractivity contribution in [2.75, 3.05) is 0 Å². The topological polar surface area (TPSA) is 57.5 Å². The second-order valence-electron chi connectivity index (χ2n) is 3.78. The molecule has 0 saturated heterocycles. The van der Waals surface area contributed by atoms with Gasteiger partial charge in [0.1, 0.15) is 0 Å². The Kier molecular flexibility index (Phi) is 9.79. The Hall–Kier alpha value is -0.570. The summed E-state index contributed by atoms with van der Waals surface area (Å²) in [4.78, 5) is 10.5. The quantitative estimate of drug-likeness (QED) is 0.747. The van der Waals surface area contributed by atoms with Crippen LogP contribution in [0.25, 0.3) is 0 Å². The summed E-state index contributed by atoms with van der Waals surface area (Å²) in [6.45, 7) is 0. The average Bonchev–Trinajstić information content (AvgIpc) is 1.98. The Morgan fingerprint density at radius 2 is 1.93 bits per heavy atom. The van der Waals surface area contributed by atoms with Crippen LogP contribution >= 0.6 is 0 Å². The van der Waals surface area contributed by atoms with Gasteiger partial charge in [0.2, 0.25) is 0 Å². The first-order valence-electron chi connectivity index (χ1n) is 4.92. The smallest absolute Gasteiger partial charge is 0.303 e. The molecule has 1 unspecified atom stereocenters. The van der Waals surface area contributed by atoms with E-state index >= 15 is 0 Å². The summed E-state index contributed by atoms with van der Waals surface area (Å²) < 4.78 is 0. The zero-order chi connectivity index (χ0) is 9.68. The third kappa shape index (κ3) is 7.37. The minimum atomic E-state index is -0.775. The van der Waals surface area contributed by atoms with Crippen molar-refractivity contribution >= 4 is 5.97 Å². The Labute approximate surface area is 93.5 Å². The highest BCUT2D eigenvalue weighted by molar-refractivity contribution is 5.69. The van der Waals surface area contributed by atoms with Crippen molar-refractivity contribution in [1.82, 2.24) is 0 Å². The van der Waals surface area contributed by atoms with Crippen molar-refractivity contribution in [2.45, 2.75) is 65.9 Å². The molecule has 0 spiro atoms. The van der Waals surface area contributed by atoms with E-state index in [-0.39, 0.29) is 27.4 Å². The van der Waals surface area contributed by atoms with Crippen LogP contribution in [0.4, 0.5) is 0 Å². The van der Waals surface area contributed by atoms with Gasteiger partial charge in [-0.3, -0.25) is 4.79 Å². The number of hydrogen-bond acceptors (Lipinski definition) is 2. The Bertz CT molecular complexity index is 168. The molecule has 1 radical (unpaired) electrons. The second kappa shape index (κ2) is 8.72. The van der Waals surface area contributed by atoms with E-state index in [1.807, 2.05) is 0 Å². The van der Waals surface area contributed by atoms with Crippen molar-refractivity contribution in [1.29, 1.82) is 0 Å². The van der Waals surface area contributed by atoms with Crippen LogP contribution in [0.15, 0.2) is 0 Å². The van der Waals surface area contributed by atoms with Crippen molar-refractivity contribution < 1.29 is 15.0 Å². The molecular weight excluding hydrogens is 192 g/mol. The van der Waals surface area contributed by atoms with Crippen LogP contribution in [-0.4, -0.2) is 22.3 Å². The first kappa shape index (κ1) is 16.8. The number of carboxylic acids is 1. The van der Waals surface area contributed by atoms with Crippen LogP contribution in [0.1, 0.15) is 59.8 Å². The first-order chi connectivity index (χ1) is 6.18. The lowest BCUT2D eigenvalue weighted by Crippen LogP contribution is -2.17. The van der Waals surface area contributed by atoms with E-state index in [0.29, 0.717) is 6.42 Å². The molecule has 15 heavy (non-hydrogen) atoms. The minimum absolute atomic E-state index is 0. The highest BCUT2D eigenvalue weighted by Crippen LogP contribution is 2.26. The summed E-state index contributed by atoms with van der Waals surface area (Å²) in [7, 11) is 0. The third-order valence-corrected chi connectivity index (χ3v) is 2.49. The molecule has 0 aromatic carbocycles. The predicted octanol–water partition coefficient (Wildman–Crippen LogP) is 3.02. The molecule has 91 valence electrons. The molecule has 1 aliphatic carbocycles. The number of aliphatic hydroxyl groups is 1. The third-order valence-electron chi connectivity index (χ3n) is 2.49. The van der Waals surface area contributed by atoms with E-state index in [9.17, 15) is 9.90 Å². The van der Waals surface area contributed by atoms with E-state index in [0.717, 1.165) is 38.0 Å². The van der Waals surface area contributed by atoms with Crippen LogP contribution in [0.3, 0.4) is 0 Å². The molecule has 0 heterocycles. The number of hydrogen-bond donors (Lipinski definition) is 2. The van der Waals surface area contributed by atoms with Gasteiger partial charge in [-0.05, 0) is 25.2 Å². The molecule has 0 aromatic rings. The molecule has 1 atom stereocenters. The van der Waals surface area contributed by atoms with Gasteiger partial charge in [-0.25, -0.2) is 0 Å². The molecule has 0 aromatic heterocycles. The minimum Gasteiger partial charge on any atom is -0.481 e. The molecule has 3 heteroatoms. The van der Waals surface area contributed by atoms with Crippen molar-refractivity contribution in [2.24, 2.45) is 0 Å². The molecule has 0 bridgehead atoms. The van der Waals surface area contributed by atoms with E-state index in [1.165, 1.54) is 0 Å². The van der Waals surface area contributed by atoms with Crippen LogP contribution in [-0.2, 0) is 4.79 Å². The van der Waals surface area contributed by atoms with E-state index in [2.05, 4.69) is 0 Å². The molecule has 2 N–H and O–H groups in total. The SMILES string of the molecule is C.C.O=C(O)C[C]1CCCCCC(O)C1. The predicted molar refractivity (Wildman–Crippen MR) is 62.7 cm³/mol. The maximum Gasteiger partial charge on any atom is 0.303 e. The molecule has 1 saturated carbocycles. The van der Waals surface area contributed by atoms with Gasteiger partial charge in [-0.2, -0.15) is 0 Å². The van der Waals surface area contributed by atoms with Gasteiger partial charge in [0.05, 0.1) is 12.5 Å².